The third-order valence-electron chi connectivity index (χ3n) is 5.09. The summed E-state index contributed by atoms with van der Waals surface area (Å²) in [5.74, 6) is -1.40. The molecule has 0 atom stereocenters. The second kappa shape index (κ2) is 8.33. The first-order chi connectivity index (χ1) is 15.0. The van der Waals surface area contributed by atoms with E-state index in [0.717, 1.165) is 16.7 Å². The van der Waals surface area contributed by atoms with Gasteiger partial charge in [-0.15, -0.1) is 0 Å². The van der Waals surface area contributed by atoms with E-state index in [-0.39, 0.29) is 18.1 Å². The normalized spacial score (nSPS) is 14.3. The van der Waals surface area contributed by atoms with Crippen LogP contribution in [0.3, 0.4) is 0 Å². The lowest BCUT2D eigenvalue weighted by atomic mass is 9.91. The number of nitrogens with one attached hydrogen (secondary N) is 2. The summed E-state index contributed by atoms with van der Waals surface area (Å²) in [5.41, 5.74) is 4.44. The summed E-state index contributed by atoms with van der Waals surface area (Å²) in [5, 5.41) is 33.6. The van der Waals surface area contributed by atoms with Crippen LogP contribution in [0, 0.1) is 0 Å². The SMILES string of the molecule is O=C1NC(=O)c2ccc(-c3ccc(CO)cc3)cc2C1=CNCc1ccc(O)c(O)c1. The van der Waals surface area contributed by atoms with Crippen LogP contribution in [0.5, 0.6) is 11.5 Å². The lowest BCUT2D eigenvalue weighted by Gasteiger charge is -2.19. The van der Waals surface area contributed by atoms with Crippen LogP contribution in [0.15, 0.2) is 66.9 Å². The molecule has 1 heterocycles. The van der Waals surface area contributed by atoms with Crippen molar-refractivity contribution >= 4 is 17.4 Å². The summed E-state index contributed by atoms with van der Waals surface area (Å²) in [6.07, 6.45) is 1.53. The van der Waals surface area contributed by atoms with Gasteiger partial charge in [0, 0.05) is 23.9 Å². The van der Waals surface area contributed by atoms with Crippen molar-refractivity contribution in [2.45, 2.75) is 13.2 Å². The molecule has 0 radical (unpaired) electrons. The van der Waals surface area contributed by atoms with Gasteiger partial charge in [-0.3, -0.25) is 14.9 Å². The van der Waals surface area contributed by atoms with Gasteiger partial charge in [-0.2, -0.15) is 0 Å². The van der Waals surface area contributed by atoms with Crippen LogP contribution in [0.4, 0.5) is 0 Å². The number of aromatic hydroxyl groups is 2. The molecule has 1 aliphatic heterocycles. The molecule has 2 amide bonds. The summed E-state index contributed by atoms with van der Waals surface area (Å²) in [4.78, 5) is 24.8. The van der Waals surface area contributed by atoms with E-state index in [9.17, 15) is 24.9 Å². The minimum Gasteiger partial charge on any atom is -0.504 e. The van der Waals surface area contributed by atoms with Crippen LogP contribution in [-0.4, -0.2) is 27.1 Å². The zero-order valence-electron chi connectivity index (χ0n) is 16.4. The lowest BCUT2D eigenvalue weighted by molar-refractivity contribution is -0.114. The predicted octanol–water partition coefficient (Wildman–Crippen LogP) is 2.66. The highest BCUT2D eigenvalue weighted by Crippen LogP contribution is 2.30. The summed E-state index contributed by atoms with van der Waals surface area (Å²) in [6, 6.07) is 17.1. The molecule has 0 bridgehead atoms. The molecule has 3 aromatic carbocycles. The molecule has 0 spiro atoms. The molecule has 0 aliphatic carbocycles. The molecule has 0 saturated carbocycles. The number of imide groups is 1. The average Bonchev–Trinajstić information content (AvgIpc) is 2.78. The standard InChI is InChI=1S/C24H20N2O5/c27-13-14-1-4-16(5-2-14)17-6-7-18-19(10-17)20(24(31)26-23(18)30)12-25-11-15-3-8-21(28)22(29)9-15/h1-10,12,25,27-29H,11,13H2,(H,26,30,31). The number of fused-ring (bicyclic) bond motifs is 1. The van der Waals surface area contributed by atoms with Crippen LogP contribution in [0.2, 0.25) is 0 Å². The number of hydrogen-bond acceptors (Lipinski definition) is 6. The fourth-order valence-electron chi connectivity index (χ4n) is 3.40. The zero-order chi connectivity index (χ0) is 22.0. The summed E-state index contributed by atoms with van der Waals surface area (Å²) in [7, 11) is 0. The van der Waals surface area contributed by atoms with Crippen LogP contribution in [-0.2, 0) is 17.9 Å². The van der Waals surface area contributed by atoms with Gasteiger partial charge in [0.05, 0.1) is 12.2 Å². The van der Waals surface area contributed by atoms with Crippen molar-refractivity contribution in [3.63, 3.8) is 0 Å². The Hall–Kier alpha value is -4.10. The lowest BCUT2D eigenvalue weighted by Crippen LogP contribution is -2.37. The van der Waals surface area contributed by atoms with Gasteiger partial charge in [-0.05, 0) is 46.5 Å². The van der Waals surface area contributed by atoms with Crippen molar-refractivity contribution in [1.29, 1.82) is 0 Å². The molecule has 5 N–H and O–H groups in total. The summed E-state index contributed by atoms with van der Waals surface area (Å²) >= 11 is 0. The van der Waals surface area contributed by atoms with Gasteiger partial charge in [0.15, 0.2) is 11.5 Å². The Balaban J connectivity index is 1.65. The van der Waals surface area contributed by atoms with E-state index < -0.39 is 11.8 Å². The molecule has 1 aliphatic rings. The van der Waals surface area contributed by atoms with Gasteiger partial charge < -0.3 is 20.6 Å². The maximum Gasteiger partial charge on any atom is 0.260 e. The second-order valence-corrected chi connectivity index (χ2v) is 7.16. The number of carbonyl (C=O) groups excluding carboxylic acids is 2. The number of benzene rings is 3. The Morgan fingerprint density at radius 2 is 1.48 bits per heavy atom. The quantitative estimate of drug-likeness (QED) is 0.248. The van der Waals surface area contributed by atoms with Crippen molar-refractivity contribution in [3.8, 4) is 22.6 Å². The Kier molecular flexibility index (Phi) is 5.43. The smallest absolute Gasteiger partial charge is 0.260 e. The molecule has 3 aromatic rings. The fourth-order valence-corrected chi connectivity index (χ4v) is 3.40. The van der Waals surface area contributed by atoms with E-state index >= 15 is 0 Å². The van der Waals surface area contributed by atoms with Gasteiger partial charge >= 0.3 is 0 Å². The molecular weight excluding hydrogens is 396 g/mol. The third-order valence-corrected chi connectivity index (χ3v) is 5.09. The molecule has 7 heteroatoms. The van der Waals surface area contributed by atoms with Gasteiger partial charge in [0.2, 0.25) is 0 Å². The molecule has 4 rings (SSSR count). The van der Waals surface area contributed by atoms with E-state index in [1.54, 1.807) is 18.2 Å². The first-order valence-electron chi connectivity index (χ1n) is 9.61. The van der Waals surface area contributed by atoms with Crippen LogP contribution >= 0.6 is 0 Å². The Labute approximate surface area is 178 Å². The highest BCUT2D eigenvalue weighted by Gasteiger charge is 2.27. The van der Waals surface area contributed by atoms with Crippen molar-refractivity contribution in [2.75, 3.05) is 0 Å². The molecule has 31 heavy (non-hydrogen) atoms. The minimum absolute atomic E-state index is 0.0451. The highest BCUT2D eigenvalue weighted by molar-refractivity contribution is 6.31. The third kappa shape index (κ3) is 4.12. The highest BCUT2D eigenvalue weighted by atomic mass is 16.3. The van der Waals surface area contributed by atoms with Crippen LogP contribution in [0.1, 0.15) is 27.0 Å². The molecular formula is C24H20N2O5. The Morgan fingerprint density at radius 3 is 2.19 bits per heavy atom. The zero-order valence-corrected chi connectivity index (χ0v) is 16.4. The van der Waals surface area contributed by atoms with Gasteiger partial charge in [0.25, 0.3) is 11.8 Å². The summed E-state index contributed by atoms with van der Waals surface area (Å²) in [6.45, 7) is 0.257. The summed E-state index contributed by atoms with van der Waals surface area (Å²) < 4.78 is 0. The Bertz CT molecular complexity index is 1200. The van der Waals surface area contributed by atoms with Crippen molar-refractivity contribution in [3.05, 3.63) is 89.1 Å². The molecule has 0 aromatic heterocycles. The van der Waals surface area contributed by atoms with E-state index in [1.807, 2.05) is 30.3 Å². The second-order valence-electron chi connectivity index (χ2n) is 7.16. The molecule has 0 fully saturated rings. The van der Waals surface area contributed by atoms with Crippen molar-refractivity contribution in [2.24, 2.45) is 0 Å². The molecule has 7 nitrogen and oxygen atoms in total. The number of carbonyl (C=O) groups is 2. The first kappa shape index (κ1) is 20.2. The molecule has 0 saturated heterocycles. The molecule has 0 unspecified atom stereocenters. The largest absolute Gasteiger partial charge is 0.504 e. The average molecular weight is 416 g/mol. The predicted molar refractivity (Wildman–Crippen MR) is 115 cm³/mol. The number of hydrogen-bond donors (Lipinski definition) is 5. The number of aliphatic hydroxyl groups is 1. The first-order valence-corrected chi connectivity index (χ1v) is 9.61. The van der Waals surface area contributed by atoms with E-state index in [4.69, 9.17) is 0 Å². The minimum atomic E-state index is -0.508. The van der Waals surface area contributed by atoms with Crippen LogP contribution in [0.25, 0.3) is 16.7 Å². The number of rotatable bonds is 5. The van der Waals surface area contributed by atoms with Crippen LogP contribution < -0.4 is 10.6 Å². The van der Waals surface area contributed by atoms with Gasteiger partial charge in [-0.25, -0.2) is 0 Å². The van der Waals surface area contributed by atoms with E-state index in [2.05, 4.69) is 10.6 Å². The maximum absolute atomic E-state index is 12.5. The Morgan fingerprint density at radius 1 is 0.774 bits per heavy atom. The van der Waals surface area contributed by atoms with E-state index in [1.165, 1.54) is 18.3 Å². The number of phenolic OH excluding ortho intramolecular Hbond substituents is 2. The topological polar surface area (TPSA) is 119 Å². The number of aliphatic hydroxyl groups excluding tert-OH is 1. The fraction of sp³-hybridized carbons (Fsp3) is 0.0833. The van der Waals surface area contributed by atoms with Gasteiger partial charge in [0.1, 0.15) is 0 Å². The van der Waals surface area contributed by atoms with E-state index in [0.29, 0.717) is 28.8 Å². The molecule has 156 valence electrons. The van der Waals surface area contributed by atoms with Crippen molar-refractivity contribution in [1.82, 2.24) is 10.6 Å². The maximum atomic E-state index is 12.5. The van der Waals surface area contributed by atoms with Crippen molar-refractivity contribution < 1.29 is 24.9 Å². The van der Waals surface area contributed by atoms with Gasteiger partial charge in [-0.1, -0.05) is 36.4 Å². The number of phenols is 2. The monoisotopic (exact) mass is 416 g/mol. The number of amides is 2.